The highest BCUT2D eigenvalue weighted by Crippen LogP contribution is 2.34. The quantitative estimate of drug-likeness (QED) is 0.893. The number of likely N-dealkylation sites (tertiary alicyclic amines) is 1. The number of nitrogens with zero attached hydrogens (tertiary/aromatic N) is 4. The highest BCUT2D eigenvalue weighted by Gasteiger charge is 2.31. The summed E-state index contributed by atoms with van der Waals surface area (Å²) >= 11 is 0. The SMILES string of the molecule is C[C@@H]1Oc2c(cccc2C(=O)N2CCC[C@H](n3cncn3)C2)NC1=O. The standard InChI is InChI=1S/C17H19N5O3/c1-11-16(23)20-14-6-2-5-13(15(14)25-11)17(24)21-7-3-4-12(8-21)22-10-18-9-19-22/h2,5-6,9-12H,3-4,7-8H2,1H3,(H,20,23)/t11-,12-/m0/s1. The third-order valence-corrected chi connectivity index (χ3v) is 4.66. The molecule has 2 aromatic rings. The Morgan fingerprint density at radius 3 is 3.08 bits per heavy atom. The summed E-state index contributed by atoms with van der Waals surface area (Å²) in [4.78, 5) is 30.6. The first-order valence-electron chi connectivity index (χ1n) is 8.37. The van der Waals surface area contributed by atoms with Crippen LogP contribution >= 0.6 is 0 Å². The molecule has 0 bridgehead atoms. The fraction of sp³-hybridized carbons (Fsp3) is 0.412. The lowest BCUT2D eigenvalue weighted by atomic mass is 10.0. The van der Waals surface area contributed by atoms with Crippen LogP contribution in [0.25, 0.3) is 0 Å². The third-order valence-electron chi connectivity index (χ3n) is 4.66. The number of hydrogen-bond acceptors (Lipinski definition) is 5. The van der Waals surface area contributed by atoms with Crippen molar-refractivity contribution in [2.24, 2.45) is 0 Å². The van der Waals surface area contributed by atoms with Crippen molar-refractivity contribution in [3.8, 4) is 5.75 Å². The number of benzene rings is 1. The van der Waals surface area contributed by atoms with Crippen LogP contribution in [0.4, 0.5) is 5.69 Å². The van der Waals surface area contributed by atoms with E-state index in [1.54, 1.807) is 36.1 Å². The zero-order valence-corrected chi connectivity index (χ0v) is 13.9. The summed E-state index contributed by atoms with van der Waals surface area (Å²) < 4.78 is 7.50. The molecule has 130 valence electrons. The van der Waals surface area contributed by atoms with Crippen molar-refractivity contribution in [1.29, 1.82) is 0 Å². The largest absolute Gasteiger partial charge is 0.478 e. The minimum Gasteiger partial charge on any atom is -0.478 e. The lowest BCUT2D eigenvalue weighted by Gasteiger charge is -2.33. The molecule has 1 saturated heterocycles. The second-order valence-corrected chi connectivity index (χ2v) is 6.35. The smallest absolute Gasteiger partial charge is 0.265 e. The van der Waals surface area contributed by atoms with E-state index in [1.165, 1.54) is 6.33 Å². The first-order valence-corrected chi connectivity index (χ1v) is 8.37. The summed E-state index contributed by atoms with van der Waals surface area (Å²) in [6, 6.07) is 5.36. The van der Waals surface area contributed by atoms with Crippen molar-refractivity contribution < 1.29 is 14.3 Å². The Morgan fingerprint density at radius 2 is 2.28 bits per heavy atom. The lowest BCUT2D eigenvalue weighted by Crippen LogP contribution is -2.42. The monoisotopic (exact) mass is 341 g/mol. The molecule has 1 fully saturated rings. The van der Waals surface area contributed by atoms with Crippen molar-refractivity contribution in [2.45, 2.75) is 31.9 Å². The topological polar surface area (TPSA) is 89.3 Å². The molecule has 1 aromatic carbocycles. The van der Waals surface area contributed by atoms with Gasteiger partial charge in [0, 0.05) is 13.1 Å². The summed E-state index contributed by atoms with van der Waals surface area (Å²) in [5.41, 5.74) is 1.02. The maximum Gasteiger partial charge on any atom is 0.265 e. The Hall–Kier alpha value is -2.90. The van der Waals surface area contributed by atoms with E-state index >= 15 is 0 Å². The van der Waals surface area contributed by atoms with Gasteiger partial charge in [-0.2, -0.15) is 5.10 Å². The van der Waals surface area contributed by atoms with Crippen molar-refractivity contribution in [2.75, 3.05) is 18.4 Å². The average Bonchev–Trinajstić information content (AvgIpc) is 3.16. The molecule has 4 rings (SSSR count). The molecular formula is C17H19N5O3. The number of carbonyl (C=O) groups is 2. The molecule has 2 amide bonds. The third kappa shape index (κ3) is 2.84. The highest BCUT2D eigenvalue weighted by atomic mass is 16.5. The Kier molecular flexibility index (Phi) is 3.87. The predicted molar refractivity (Wildman–Crippen MR) is 89.4 cm³/mol. The van der Waals surface area contributed by atoms with Crippen LogP contribution in [0.2, 0.25) is 0 Å². The molecular weight excluding hydrogens is 322 g/mol. The molecule has 3 heterocycles. The number of amides is 2. The van der Waals surface area contributed by atoms with E-state index in [2.05, 4.69) is 15.4 Å². The van der Waals surface area contributed by atoms with Crippen molar-refractivity contribution in [3.05, 3.63) is 36.4 Å². The first-order chi connectivity index (χ1) is 12.1. The molecule has 8 heteroatoms. The summed E-state index contributed by atoms with van der Waals surface area (Å²) in [6.45, 7) is 2.94. The number of anilines is 1. The van der Waals surface area contributed by atoms with Gasteiger partial charge in [-0.25, -0.2) is 9.67 Å². The molecule has 1 N–H and O–H groups in total. The Morgan fingerprint density at radius 1 is 1.40 bits per heavy atom. The van der Waals surface area contributed by atoms with Gasteiger partial charge in [-0.3, -0.25) is 9.59 Å². The second kappa shape index (κ2) is 6.19. The Labute approximate surface area is 144 Å². The van der Waals surface area contributed by atoms with E-state index < -0.39 is 6.10 Å². The average molecular weight is 341 g/mol. The second-order valence-electron chi connectivity index (χ2n) is 6.35. The van der Waals surface area contributed by atoms with Crippen LogP contribution < -0.4 is 10.1 Å². The van der Waals surface area contributed by atoms with Gasteiger partial charge in [-0.1, -0.05) is 6.07 Å². The van der Waals surface area contributed by atoms with E-state index in [4.69, 9.17) is 4.74 Å². The van der Waals surface area contributed by atoms with Crippen molar-refractivity contribution in [3.63, 3.8) is 0 Å². The molecule has 0 unspecified atom stereocenters. The number of aromatic nitrogens is 3. The van der Waals surface area contributed by atoms with E-state index in [0.29, 0.717) is 30.1 Å². The van der Waals surface area contributed by atoms with Gasteiger partial charge in [0.1, 0.15) is 12.7 Å². The number of carbonyl (C=O) groups excluding carboxylic acids is 2. The summed E-state index contributed by atoms with van der Waals surface area (Å²) in [6.07, 6.45) is 4.43. The van der Waals surface area contributed by atoms with E-state index in [0.717, 1.165) is 12.8 Å². The molecule has 0 saturated carbocycles. The highest BCUT2D eigenvalue weighted by molar-refractivity contribution is 6.04. The zero-order valence-electron chi connectivity index (χ0n) is 13.9. The van der Waals surface area contributed by atoms with Gasteiger partial charge < -0.3 is 15.0 Å². The number of rotatable bonds is 2. The molecule has 2 atom stereocenters. The minimum atomic E-state index is -0.620. The van der Waals surface area contributed by atoms with Crippen LogP contribution in [0.15, 0.2) is 30.9 Å². The number of nitrogens with one attached hydrogen (secondary N) is 1. The number of piperidine rings is 1. The minimum absolute atomic E-state index is 0.0926. The molecule has 2 aliphatic heterocycles. The molecule has 25 heavy (non-hydrogen) atoms. The number of hydrogen-bond donors (Lipinski definition) is 1. The molecule has 1 aromatic heterocycles. The van der Waals surface area contributed by atoms with Crippen LogP contribution in [-0.2, 0) is 4.79 Å². The molecule has 0 spiro atoms. The van der Waals surface area contributed by atoms with Gasteiger partial charge in [0.15, 0.2) is 11.9 Å². The fourth-order valence-corrected chi connectivity index (χ4v) is 3.33. The van der Waals surface area contributed by atoms with Gasteiger partial charge in [0.2, 0.25) is 0 Å². The van der Waals surface area contributed by atoms with Crippen LogP contribution in [0.5, 0.6) is 5.75 Å². The number of ether oxygens (including phenoxy) is 1. The van der Waals surface area contributed by atoms with E-state index in [-0.39, 0.29) is 17.9 Å². The summed E-state index contributed by atoms with van der Waals surface area (Å²) in [7, 11) is 0. The lowest BCUT2D eigenvalue weighted by molar-refractivity contribution is -0.122. The van der Waals surface area contributed by atoms with Gasteiger partial charge in [-0.15, -0.1) is 0 Å². The van der Waals surface area contributed by atoms with E-state index in [9.17, 15) is 9.59 Å². The summed E-state index contributed by atoms with van der Waals surface area (Å²) in [5, 5.41) is 6.97. The van der Waals surface area contributed by atoms with Gasteiger partial charge >= 0.3 is 0 Å². The van der Waals surface area contributed by atoms with Crippen LogP contribution in [0.3, 0.4) is 0 Å². The van der Waals surface area contributed by atoms with Crippen molar-refractivity contribution in [1.82, 2.24) is 19.7 Å². The molecule has 0 aliphatic carbocycles. The van der Waals surface area contributed by atoms with Crippen LogP contribution in [0, 0.1) is 0 Å². The Balaban J connectivity index is 1.59. The van der Waals surface area contributed by atoms with Crippen LogP contribution in [-0.4, -0.2) is 50.7 Å². The molecule has 2 aliphatic rings. The number of para-hydroxylation sites is 1. The Bertz CT molecular complexity index is 805. The van der Waals surface area contributed by atoms with Crippen molar-refractivity contribution >= 4 is 17.5 Å². The van der Waals surface area contributed by atoms with Gasteiger partial charge in [0.05, 0.1) is 17.3 Å². The van der Waals surface area contributed by atoms with Gasteiger partial charge in [0.25, 0.3) is 11.8 Å². The van der Waals surface area contributed by atoms with Gasteiger partial charge in [-0.05, 0) is 31.9 Å². The predicted octanol–water partition coefficient (Wildman–Crippen LogP) is 1.47. The fourth-order valence-electron chi connectivity index (χ4n) is 3.33. The molecule has 0 radical (unpaired) electrons. The first kappa shape index (κ1) is 15.6. The van der Waals surface area contributed by atoms with Crippen LogP contribution in [0.1, 0.15) is 36.2 Å². The number of fused-ring (bicyclic) bond motifs is 1. The molecule has 8 nitrogen and oxygen atoms in total. The van der Waals surface area contributed by atoms with E-state index in [1.807, 2.05) is 4.90 Å². The maximum absolute atomic E-state index is 13.1. The normalized spacial score (nSPS) is 22.8. The summed E-state index contributed by atoms with van der Waals surface area (Å²) in [5.74, 6) is 0.147. The zero-order chi connectivity index (χ0) is 17.4. The maximum atomic E-state index is 13.1.